The second-order valence-electron chi connectivity index (χ2n) is 8.82. The maximum Gasteiger partial charge on any atom is 0.259 e. The van der Waals surface area contributed by atoms with Crippen LogP contribution < -0.4 is 5.32 Å². The van der Waals surface area contributed by atoms with Crippen LogP contribution in [0.4, 0.5) is 0 Å². The van der Waals surface area contributed by atoms with Crippen molar-refractivity contribution in [2.75, 3.05) is 0 Å². The summed E-state index contributed by atoms with van der Waals surface area (Å²) in [6.45, 7) is 0. The molecule has 2 aromatic carbocycles. The van der Waals surface area contributed by atoms with Crippen LogP contribution in [0.5, 0.6) is 0 Å². The lowest BCUT2D eigenvalue weighted by Gasteiger charge is -2.18. The number of nitrogens with zero attached hydrogens (tertiary/aromatic N) is 2. The van der Waals surface area contributed by atoms with Crippen molar-refractivity contribution in [3.05, 3.63) is 52.7 Å². The van der Waals surface area contributed by atoms with Gasteiger partial charge in [0.2, 0.25) is 0 Å². The molecule has 5 heterocycles. The molecule has 2 N–H and O–H groups in total. The Hall–Kier alpha value is -3.42. The van der Waals surface area contributed by atoms with Crippen LogP contribution in [-0.2, 0) is 11.2 Å². The fraction of sp³-hybridized carbons (Fsp3) is 0.250. The highest BCUT2D eigenvalue weighted by molar-refractivity contribution is 6.37. The molecule has 4 aliphatic rings. The lowest BCUT2D eigenvalue weighted by atomic mass is 9.94. The van der Waals surface area contributed by atoms with Gasteiger partial charge in [-0.1, -0.05) is 30.4 Å². The summed E-state index contributed by atoms with van der Waals surface area (Å²) >= 11 is 0. The molecule has 7 nitrogen and oxygen atoms in total. The Morgan fingerprint density at radius 1 is 1.03 bits per heavy atom. The number of hydrogen-bond acceptors (Lipinski definition) is 4. The van der Waals surface area contributed by atoms with E-state index in [1.54, 1.807) is 0 Å². The maximum absolute atomic E-state index is 13.0. The van der Waals surface area contributed by atoms with Crippen molar-refractivity contribution in [3.63, 3.8) is 0 Å². The van der Waals surface area contributed by atoms with Crippen molar-refractivity contribution < 1.29 is 19.4 Å². The van der Waals surface area contributed by atoms with Gasteiger partial charge in [-0.3, -0.25) is 14.9 Å². The zero-order valence-corrected chi connectivity index (χ0v) is 16.4. The third-order valence-corrected chi connectivity index (χ3v) is 7.36. The Bertz CT molecular complexity index is 1590. The number of para-hydroxylation sites is 1. The first-order chi connectivity index (χ1) is 15.1. The number of benzene rings is 2. The number of amides is 2. The Balaban J connectivity index is 1.77. The average Bonchev–Trinajstić information content (AvgIpc) is 3.45. The van der Waals surface area contributed by atoms with Crippen molar-refractivity contribution >= 4 is 50.6 Å². The maximum atomic E-state index is 13.0. The number of nitrogens with one attached hydrogen (secondary N) is 1. The van der Waals surface area contributed by atoms with Crippen molar-refractivity contribution in [3.8, 4) is 0 Å². The van der Waals surface area contributed by atoms with E-state index >= 15 is 0 Å². The molecule has 7 heteroatoms. The van der Waals surface area contributed by atoms with E-state index in [-0.39, 0.29) is 18.0 Å². The van der Waals surface area contributed by atoms with Gasteiger partial charge < -0.3 is 19.0 Å². The van der Waals surface area contributed by atoms with Gasteiger partial charge in [0, 0.05) is 33.8 Å². The summed E-state index contributed by atoms with van der Waals surface area (Å²) in [5.74, 6) is -0.699. The molecule has 3 atom stereocenters. The number of carbonyl (C=O) groups excluding carboxylic acids is 2. The molecule has 3 aliphatic heterocycles. The van der Waals surface area contributed by atoms with Gasteiger partial charge in [0.25, 0.3) is 11.8 Å². The predicted molar refractivity (Wildman–Crippen MR) is 114 cm³/mol. The highest BCUT2D eigenvalue weighted by atomic mass is 16.5. The number of allylic oxidation sites excluding steroid dienone is 1. The van der Waals surface area contributed by atoms with E-state index in [1.165, 1.54) is 0 Å². The molecular formula is C24H17N3O4. The SMILES string of the molecule is O=C1NC(=O)c2c1c1c3c(n4c1c1c2c2ccccc2n1[C@H]1OC4C[C@@H]1O)CCC=C3. The number of carbonyl (C=O) groups is 2. The molecule has 2 bridgehead atoms. The van der Waals surface area contributed by atoms with E-state index < -0.39 is 12.3 Å². The molecule has 0 saturated carbocycles. The van der Waals surface area contributed by atoms with Crippen molar-refractivity contribution in [2.45, 2.75) is 37.8 Å². The predicted octanol–water partition coefficient (Wildman–Crippen LogP) is 3.38. The third kappa shape index (κ3) is 1.65. The van der Waals surface area contributed by atoms with Gasteiger partial charge in [-0.15, -0.1) is 0 Å². The Labute approximate surface area is 175 Å². The van der Waals surface area contributed by atoms with Crippen LogP contribution in [-0.4, -0.2) is 32.2 Å². The topological polar surface area (TPSA) is 85.5 Å². The van der Waals surface area contributed by atoms with Gasteiger partial charge in [-0.2, -0.15) is 0 Å². The number of imide groups is 1. The van der Waals surface area contributed by atoms with Gasteiger partial charge in [0.1, 0.15) is 12.3 Å². The molecule has 31 heavy (non-hydrogen) atoms. The Morgan fingerprint density at radius 3 is 2.68 bits per heavy atom. The number of aromatic nitrogens is 2. The standard InChI is InChI=1S/C24H17N3O4/c28-14-9-15-26-12-7-3-1-5-10(12)16-18-19(23(30)25-22(18)29)17-11-6-2-4-8-13(11)27(24(14)31-15)21(17)20(16)26/h1-2,4-6,8,14-15,24,28H,3,7,9H2,(H,25,29,30)/t14-,15?,24-/m0/s1. The molecule has 8 rings (SSSR count). The highest BCUT2D eigenvalue weighted by Crippen LogP contribution is 2.52. The molecule has 2 aromatic heterocycles. The van der Waals surface area contributed by atoms with E-state index in [0.29, 0.717) is 17.5 Å². The van der Waals surface area contributed by atoms with Gasteiger partial charge in [-0.25, -0.2) is 0 Å². The normalized spacial score (nSPS) is 25.6. The van der Waals surface area contributed by atoms with Crippen molar-refractivity contribution in [1.29, 1.82) is 0 Å². The van der Waals surface area contributed by atoms with E-state index in [4.69, 9.17) is 4.74 Å². The number of hydrogen-bond donors (Lipinski definition) is 2. The largest absolute Gasteiger partial charge is 0.388 e. The number of aliphatic hydroxyl groups is 1. The fourth-order valence-corrected chi connectivity index (χ4v) is 6.29. The van der Waals surface area contributed by atoms with Gasteiger partial charge >= 0.3 is 0 Å². The first-order valence-electron chi connectivity index (χ1n) is 10.7. The molecule has 0 radical (unpaired) electrons. The van der Waals surface area contributed by atoms with Crippen LogP contribution in [0.3, 0.4) is 0 Å². The number of fused-ring (bicyclic) bond motifs is 13. The summed E-state index contributed by atoms with van der Waals surface area (Å²) in [6.07, 6.45) is 4.90. The summed E-state index contributed by atoms with van der Waals surface area (Å²) in [6, 6.07) is 7.85. The van der Waals surface area contributed by atoms with Crippen LogP contribution in [0.15, 0.2) is 30.3 Å². The molecule has 1 aliphatic carbocycles. The fourth-order valence-electron chi connectivity index (χ4n) is 6.29. The van der Waals surface area contributed by atoms with Crippen LogP contribution in [0, 0.1) is 0 Å². The summed E-state index contributed by atoms with van der Waals surface area (Å²) in [5.41, 5.74) is 5.70. The molecule has 1 fully saturated rings. The molecule has 152 valence electrons. The van der Waals surface area contributed by atoms with Crippen LogP contribution >= 0.6 is 0 Å². The number of rotatable bonds is 0. The molecule has 4 aromatic rings. The second-order valence-corrected chi connectivity index (χ2v) is 8.82. The van der Waals surface area contributed by atoms with E-state index in [1.807, 2.05) is 28.8 Å². The minimum atomic E-state index is -0.659. The van der Waals surface area contributed by atoms with Gasteiger partial charge in [0.05, 0.1) is 27.7 Å². The first kappa shape index (κ1) is 16.3. The summed E-state index contributed by atoms with van der Waals surface area (Å²) in [5, 5.41) is 16.0. The third-order valence-electron chi connectivity index (χ3n) is 7.36. The number of aliphatic hydroxyl groups excluding tert-OH is 1. The molecule has 1 unspecified atom stereocenters. The zero-order valence-electron chi connectivity index (χ0n) is 16.4. The van der Waals surface area contributed by atoms with Crippen LogP contribution in [0.2, 0.25) is 0 Å². The summed E-state index contributed by atoms with van der Waals surface area (Å²) in [4.78, 5) is 26.1. The summed E-state index contributed by atoms with van der Waals surface area (Å²) < 4.78 is 10.7. The molecule has 1 saturated heterocycles. The monoisotopic (exact) mass is 411 g/mol. The van der Waals surface area contributed by atoms with Crippen molar-refractivity contribution in [1.82, 2.24) is 14.5 Å². The minimum Gasteiger partial charge on any atom is -0.388 e. The van der Waals surface area contributed by atoms with E-state index in [9.17, 15) is 14.7 Å². The Kier molecular flexibility index (Phi) is 2.66. The highest BCUT2D eigenvalue weighted by Gasteiger charge is 2.46. The smallest absolute Gasteiger partial charge is 0.259 e. The van der Waals surface area contributed by atoms with Crippen LogP contribution in [0.1, 0.15) is 57.3 Å². The van der Waals surface area contributed by atoms with Gasteiger partial charge in [-0.05, 0) is 18.9 Å². The lowest BCUT2D eigenvalue weighted by molar-refractivity contribution is -0.0524. The average molecular weight is 411 g/mol. The van der Waals surface area contributed by atoms with Crippen LogP contribution in [0.25, 0.3) is 38.8 Å². The Morgan fingerprint density at radius 2 is 1.81 bits per heavy atom. The second kappa shape index (κ2) is 5.07. The zero-order chi connectivity index (χ0) is 20.6. The molecular weight excluding hydrogens is 394 g/mol. The lowest BCUT2D eigenvalue weighted by Crippen LogP contribution is -2.20. The first-order valence-corrected chi connectivity index (χ1v) is 10.7. The number of ether oxygens (including phenoxy) is 1. The van der Waals surface area contributed by atoms with E-state index in [2.05, 4.69) is 22.0 Å². The molecule has 2 amide bonds. The van der Waals surface area contributed by atoms with E-state index in [0.717, 1.165) is 56.8 Å². The quantitative estimate of drug-likeness (QED) is 0.435. The minimum absolute atomic E-state index is 0.308. The summed E-state index contributed by atoms with van der Waals surface area (Å²) in [7, 11) is 0. The van der Waals surface area contributed by atoms with Crippen molar-refractivity contribution in [2.24, 2.45) is 0 Å². The van der Waals surface area contributed by atoms with Gasteiger partial charge in [0.15, 0.2) is 6.23 Å². The molecule has 0 spiro atoms.